The molecule has 0 aromatic heterocycles. The molecule has 0 spiro atoms. The van der Waals surface area contributed by atoms with E-state index in [0.29, 0.717) is 12.5 Å². The van der Waals surface area contributed by atoms with Crippen LogP contribution in [0, 0.1) is 0 Å². The van der Waals surface area contributed by atoms with E-state index in [1.807, 2.05) is 24.3 Å². The summed E-state index contributed by atoms with van der Waals surface area (Å²) >= 11 is 3.35. The number of carboxylic acid groups (broad SMARTS) is 1. The van der Waals surface area contributed by atoms with Crippen molar-refractivity contribution < 1.29 is 14.6 Å². The molecular weight excluding hydrogens is 274 g/mol. The molecule has 1 aliphatic heterocycles. The first-order valence-corrected chi connectivity index (χ1v) is 5.61. The average molecular weight is 284 g/mol. The van der Waals surface area contributed by atoms with Gasteiger partial charge in [-0.1, -0.05) is 28.1 Å². The highest BCUT2D eigenvalue weighted by atomic mass is 79.9. The molecule has 1 N–H and O–H groups in total. The lowest BCUT2D eigenvalue weighted by atomic mass is 10.1. The first-order valence-electron chi connectivity index (χ1n) is 4.82. The lowest BCUT2D eigenvalue weighted by Gasteiger charge is -2.04. The molecule has 16 heavy (non-hydrogen) atoms. The molecule has 1 aliphatic rings. The molecule has 1 heterocycles. The zero-order valence-electron chi connectivity index (χ0n) is 8.39. The second-order valence-corrected chi connectivity index (χ2v) is 4.39. The molecule has 1 unspecified atom stereocenters. The minimum atomic E-state index is -0.921. The summed E-state index contributed by atoms with van der Waals surface area (Å²) in [6, 6.07) is 7.68. The van der Waals surface area contributed by atoms with Gasteiger partial charge in [-0.2, -0.15) is 0 Å². The molecule has 4 nitrogen and oxygen atoms in total. The normalized spacial score (nSPS) is 19.1. The summed E-state index contributed by atoms with van der Waals surface area (Å²) in [6.07, 6.45) is -0.146. The summed E-state index contributed by atoms with van der Waals surface area (Å²) in [6.45, 7) is 0.421. The SMILES string of the molecule is O=C(O)CC1=NC(c2ccc(Br)cc2)CO1. The van der Waals surface area contributed by atoms with Gasteiger partial charge < -0.3 is 9.84 Å². The molecule has 0 bridgehead atoms. The van der Waals surface area contributed by atoms with E-state index < -0.39 is 5.97 Å². The van der Waals surface area contributed by atoms with Crippen LogP contribution >= 0.6 is 15.9 Å². The van der Waals surface area contributed by atoms with Gasteiger partial charge >= 0.3 is 5.97 Å². The van der Waals surface area contributed by atoms with Crippen LogP contribution in [0.4, 0.5) is 0 Å². The van der Waals surface area contributed by atoms with Gasteiger partial charge in [0.15, 0.2) is 5.90 Å². The van der Waals surface area contributed by atoms with Crippen LogP contribution in [-0.2, 0) is 9.53 Å². The summed E-state index contributed by atoms with van der Waals surface area (Å²) in [5.74, 6) is -0.615. The van der Waals surface area contributed by atoms with E-state index >= 15 is 0 Å². The molecule has 0 saturated heterocycles. The van der Waals surface area contributed by atoms with Crippen molar-refractivity contribution in [2.24, 2.45) is 4.99 Å². The molecule has 1 aromatic rings. The molecule has 0 amide bonds. The quantitative estimate of drug-likeness (QED) is 0.927. The number of carbonyl (C=O) groups is 1. The predicted octanol–water partition coefficient (Wildman–Crippen LogP) is 2.39. The van der Waals surface area contributed by atoms with E-state index in [4.69, 9.17) is 9.84 Å². The topological polar surface area (TPSA) is 58.9 Å². The predicted molar refractivity (Wildman–Crippen MR) is 62.5 cm³/mol. The van der Waals surface area contributed by atoms with Gasteiger partial charge in [-0.3, -0.25) is 4.79 Å². The van der Waals surface area contributed by atoms with Crippen LogP contribution in [0.25, 0.3) is 0 Å². The fourth-order valence-electron chi connectivity index (χ4n) is 1.51. The summed E-state index contributed by atoms with van der Waals surface area (Å²) in [7, 11) is 0. The Labute approximate surface area is 101 Å². The van der Waals surface area contributed by atoms with E-state index in [2.05, 4.69) is 20.9 Å². The minimum absolute atomic E-state index is 0.0811. The molecule has 84 valence electrons. The van der Waals surface area contributed by atoms with Gasteiger partial charge in [0.05, 0.1) is 0 Å². The Morgan fingerprint density at radius 2 is 2.19 bits per heavy atom. The highest BCUT2D eigenvalue weighted by molar-refractivity contribution is 9.10. The summed E-state index contributed by atoms with van der Waals surface area (Å²) in [5.41, 5.74) is 1.03. The van der Waals surface area contributed by atoms with Gasteiger partial charge in [0.2, 0.25) is 0 Å². The number of aliphatic carboxylic acids is 1. The Bertz CT molecular complexity index is 427. The summed E-state index contributed by atoms with van der Waals surface area (Å²) < 4.78 is 6.22. The Hall–Kier alpha value is -1.36. The smallest absolute Gasteiger partial charge is 0.312 e. The Balaban J connectivity index is 2.10. The number of carboxylic acids is 1. The van der Waals surface area contributed by atoms with E-state index in [1.165, 1.54) is 0 Å². The number of hydrogen-bond donors (Lipinski definition) is 1. The maximum atomic E-state index is 10.5. The van der Waals surface area contributed by atoms with Crippen LogP contribution in [0.15, 0.2) is 33.7 Å². The van der Waals surface area contributed by atoms with Crippen LogP contribution in [0.2, 0.25) is 0 Å². The maximum Gasteiger partial charge on any atom is 0.312 e. The fourth-order valence-corrected chi connectivity index (χ4v) is 1.77. The zero-order chi connectivity index (χ0) is 11.5. The van der Waals surface area contributed by atoms with Crippen molar-refractivity contribution in [3.05, 3.63) is 34.3 Å². The number of nitrogens with zero attached hydrogens (tertiary/aromatic N) is 1. The van der Waals surface area contributed by atoms with Gasteiger partial charge in [0, 0.05) is 4.47 Å². The van der Waals surface area contributed by atoms with Crippen LogP contribution in [0.3, 0.4) is 0 Å². The maximum absolute atomic E-state index is 10.5. The van der Waals surface area contributed by atoms with Crippen molar-refractivity contribution >= 4 is 27.8 Å². The van der Waals surface area contributed by atoms with Gasteiger partial charge in [0.25, 0.3) is 0 Å². The van der Waals surface area contributed by atoms with Gasteiger partial charge in [-0.15, -0.1) is 0 Å². The Kier molecular flexibility index (Phi) is 3.24. The lowest BCUT2D eigenvalue weighted by molar-refractivity contribution is -0.135. The largest absolute Gasteiger partial charge is 0.481 e. The van der Waals surface area contributed by atoms with Crippen molar-refractivity contribution in [3.63, 3.8) is 0 Å². The number of halogens is 1. The molecule has 5 heteroatoms. The van der Waals surface area contributed by atoms with Crippen LogP contribution in [0.5, 0.6) is 0 Å². The first-order chi connectivity index (χ1) is 7.65. The highest BCUT2D eigenvalue weighted by Gasteiger charge is 2.21. The van der Waals surface area contributed by atoms with Crippen molar-refractivity contribution in [1.29, 1.82) is 0 Å². The molecule has 2 rings (SSSR count). The van der Waals surface area contributed by atoms with Crippen molar-refractivity contribution in [2.75, 3.05) is 6.61 Å². The standard InChI is InChI=1S/C11H10BrNO3/c12-8-3-1-7(2-4-8)9-6-16-10(13-9)5-11(14)15/h1-4,9H,5-6H2,(H,14,15). The van der Waals surface area contributed by atoms with Gasteiger partial charge in [-0.05, 0) is 17.7 Å². The Morgan fingerprint density at radius 3 is 2.81 bits per heavy atom. The summed E-state index contributed by atoms with van der Waals surface area (Å²) in [4.78, 5) is 14.7. The van der Waals surface area contributed by atoms with Crippen LogP contribution in [-0.4, -0.2) is 23.6 Å². The van der Waals surface area contributed by atoms with Crippen LogP contribution < -0.4 is 0 Å². The minimum Gasteiger partial charge on any atom is -0.481 e. The monoisotopic (exact) mass is 283 g/mol. The number of aliphatic imine (C=N–C) groups is 1. The van der Waals surface area contributed by atoms with E-state index in [9.17, 15) is 4.79 Å². The average Bonchev–Trinajstić information content (AvgIpc) is 2.66. The third-order valence-corrected chi connectivity index (χ3v) is 2.79. The van der Waals surface area contributed by atoms with Crippen molar-refractivity contribution in [1.82, 2.24) is 0 Å². The molecule has 0 radical (unpaired) electrons. The third kappa shape index (κ3) is 2.61. The second kappa shape index (κ2) is 4.65. The van der Waals surface area contributed by atoms with Crippen LogP contribution in [0.1, 0.15) is 18.0 Å². The van der Waals surface area contributed by atoms with E-state index in [0.717, 1.165) is 10.0 Å². The van der Waals surface area contributed by atoms with Crippen molar-refractivity contribution in [3.8, 4) is 0 Å². The number of hydrogen-bond acceptors (Lipinski definition) is 3. The highest BCUT2D eigenvalue weighted by Crippen LogP contribution is 2.24. The molecule has 1 atom stereocenters. The molecule has 1 aromatic carbocycles. The number of rotatable bonds is 3. The zero-order valence-corrected chi connectivity index (χ0v) is 9.98. The van der Waals surface area contributed by atoms with Gasteiger partial charge in [-0.25, -0.2) is 4.99 Å². The third-order valence-electron chi connectivity index (χ3n) is 2.26. The van der Waals surface area contributed by atoms with E-state index in [1.54, 1.807) is 0 Å². The van der Waals surface area contributed by atoms with E-state index in [-0.39, 0.29) is 12.5 Å². The number of benzene rings is 1. The second-order valence-electron chi connectivity index (χ2n) is 3.47. The summed E-state index contributed by atoms with van der Waals surface area (Å²) in [5, 5.41) is 8.60. The molecule has 0 aliphatic carbocycles. The lowest BCUT2D eigenvalue weighted by Crippen LogP contribution is -2.06. The molecular formula is C11H10BrNO3. The Morgan fingerprint density at radius 1 is 1.50 bits per heavy atom. The first kappa shape index (κ1) is 11.1. The molecule has 0 saturated carbocycles. The number of ether oxygens (including phenoxy) is 1. The molecule has 0 fully saturated rings. The van der Waals surface area contributed by atoms with Gasteiger partial charge in [0.1, 0.15) is 19.1 Å². The fraction of sp³-hybridized carbons (Fsp3) is 0.273. The van der Waals surface area contributed by atoms with Crippen molar-refractivity contribution in [2.45, 2.75) is 12.5 Å².